The lowest BCUT2D eigenvalue weighted by Gasteiger charge is -2.34. The number of aryl methyl sites for hydroxylation is 1. The van der Waals surface area contributed by atoms with Crippen molar-refractivity contribution in [3.8, 4) is 0 Å². The molecule has 1 saturated carbocycles. The highest BCUT2D eigenvalue weighted by molar-refractivity contribution is 5.98. The van der Waals surface area contributed by atoms with Crippen LogP contribution in [0.2, 0.25) is 0 Å². The molecule has 1 fully saturated rings. The largest absolute Gasteiger partial charge is 0.348 e. The highest BCUT2D eigenvalue weighted by atomic mass is 16.2. The number of carbonyl (C=O) groups excluding carboxylic acids is 2. The molecule has 6 heteroatoms. The summed E-state index contributed by atoms with van der Waals surface area (Å²) in [5.74, 6) is 0.812. The summed E-state index contributed by atoms with van der Waals surface area (Å²) < 4.78 is 1.50. The zero-order chi connectivity index (χ0) is 17.9. The average molecular weight is 334 g/mol. The fourth-order valence-corrected chi connectivity index (χ4v) is 3.49. The second-order valence-electron chi connectivity index (χ2n) is 6.86. The van der Waals surface area contributed by atoms with Crippen LogP contribution in [-0.4, -0.2) is 45.6 Å². The normalized spacial score (nSPS) is 23.8. The molecule has 3 atom stereocenters. The maximum Gasteiger partial charge on any atom is 0.274 e. The standard InChI is InChI=1S/C18H30N4O2/c1-6-22(7-2)18(24)15-11-16(21(5)20-15)17(23)19-14-10-8-9-12(3)13(14)4/h11-14H,6-10H2,1-5H3,(H,19,23)/t12-,13+,14+/m0/s1. The maximum absolute atomic E-state index is 12.6. The molecule has 1 aliphatic carbocycles. The first kappa shape index (κ1) is 18.5. The van der Waals surface area contributed by atoms with Crippen LogP contribution in [0.25, 0.3) is 0 Å². The highest BCUT2D eigenvalue weighted by Gasteiger charge is 2.29. The summed E-state index contributed by atoms with van der Waals surface area (Å²) in [6.07, 6.45) is 3.38. The molecule has 24 heavy (non-hydrogen) atoms. The Kier molecular flexibility index (Phi) is 6.02. The van der Waals surface area contributed by atoms with Crippen LogP contribution < -0.4 is 5.32 Å². The van der Waals surface area contributed by atoms with Gasteiger partial charge in [0.2, 0.25) is 0 Å². The summed E-state index contributed by atoms with van der Waals surface area (Å²) in [5, 5.41) is 7.38. The zero-order valence-electron chi connectivity index (χ0n) is 15.5. The number of nitrogens with one attached hydrogen (secondary N) is 1. The summed E-state index contributed by atoms with van der Waals surface area (Å²) in [6.45, 7) is 9.57. The predicted molar refractivity (Wildman–Crippen MR) is 93.9 cm³/mol. The van der Waals surface area contributed by atoms with E-state index in [4.69, 9.17) is 0 Å². The van der Waals surface area contributed by atoms with Gasteiger partial charge in [0, 0.05) is 32.2 Å². The summed E-state index contributed by atoms with van der Waals surface area (Å²) in [7, 11) is 1.71. The summed E-state index contributed by atoms with van der Waals surface area (Å²) >= 11 is 0. The number of hydrogen-bond donors (Lipinski definition) is 1. The van der Waals surface area contributed by atoms with Crippen LogP contribution in [0.15, 0.2) is 6.07 Å². The topological polar surface area (TPSA) is 67.2 Å². The van der Waals surface area contributed by atoms with E-state index in [2.05, 4.69) is 24.3 Å². The lowest BCUT2D eigenvalue weighted by Crippen LogP contribution is -2.44. The van der Waals surface area contributed by atoms with Crippen LogP contribution in [0.3, 0.4) is 0 Å². The molecule has 0 saturated heterocycles. The number of amides is 2. The van der Waals surface area contributed by atoms with Gasteiger partial charge in [0.15, 0.2) is 5.69 Å². The molecule has 0 spiro atoms. The van der Waals surface area contributed by atoms with Crippen molar-refractivity contribution in [1.29, 1.82) is 0 Å². The molecule has 2 amide bonds. The second kappa shape index (κ2) is 7.81. The first-order chi connectivity index (χ1) is 11.4. The van der Waals surface area contributed by atoms with Crippen molar-refractivity contribution in [1.82, 2.24) is 20.0 Å². The van der Waals surface area contributed by atoms with E-state index in [-0.39, 0.29) is 17.9 Å². The van der Waals surface area contributed by atoms with Crippen molar-refractivity contribution in [3.05, 3.63) is 17.5 Å². The van der Waals surface area contributed by atoms with E-state index in [0.717, 1.165) is 12.8 Å². The third-order valence-corrected chi connectivity index (χ3v) is 5.41. The number of rotatable bonds is 5. The molecule has 0 radical (unpaired) electrons. The van der Waals surface area contributed by atoms with Crippen molar-refractivity contribution in [2.75, 3.05) is 13.1 Å². The SMILES string of the molecule is CCN(CC)C(=O)c1cc(C(=O)N[C@@H]2CCC[C@H](C)[C@H]2C)n(C)n1. The van der Waals surface area contributed by atoms with Gasteiger partial charge in [0.05, 0.1) is 0 Å². The van der Waals surface area contributed by atoms with Gasteiger partial charge in [-0.1, -0.05) is 26.7 Å². The molecule has 0 bridgehead atoms. The van der Waals surface area contributed by atoms with Gasteiger partial charge in [-0.25, -0.2) is 0 Å². The Morgan fingerprint density at radius 3 is 2.58 bits per heavy atom. The molecule has 1 aliphatic rings. The van der Waals surface area contributed by atoms with Gasteiger partial charge < -0.3 is 10.2 Å². The van der Waals surface area contributed by atoms with Crippen LogP contribution in [0.4, 0.5) is 0 Å². The first-order valence-electron chi connectivity index (χ1n) is 9.03. The third kappa shape index (κ3) is 3.79. The molecule has 0 aromatic carbocycles. The van der Waals surface area contributed by atoms with E-state index in [0.29, 0.717) is 36.3 Å². The van der Waals surface area contributed by atoms with E-state index < -0.39 is 0 Å². The van der Waals surface area contributed by atoms with Gasteiger partial charge >= 0.3 is 0 Å². The molecule has 1 N–H and O–H groups in total. The Morgan fingerprint density at radius 2 is 1.96 bits per heavy atom. The molecule has 2 rings (SSSR count). The third-order valence-electron chi connectivity index (χ3n) is 5.41. The fraction of sp³-hybridized carbons (Fsp3) is 0.722. The number of hydrogen-bond acceptors (Lipinski definition) is 3. The van der Waals surface area contributed by atoms with Crippen molar-refractivity contribution in [2.24, 2.45) is 18.9 Å². The number of carbonyl (C=O) groups is 2. The summed E-state index contributed by atoms with van der Waals surface area (Å²) in [6, 6.07) is 1.80. The van der Waals surface area contributed by atoms with Crippen LogP contribution in [-0.2, 0) is 7.05 Å². The van der Waals surface area contributed by atoms with Crippen LogP contribution in [0, 0.1) is 11.8 Å². The predicted octanol–water partition coefficient (Wildman–Crippen LogP) is 2.46. The molecular formula is C18H30N4O2. The minimum atomic E-state index is -0.144. The molecule has 6 nitrogen and oxygen atoms in total. The van der Waals surface area contributed by atoms with Gasteiger partial charge in [-0.05, 0) is 32.1 Å². The van der Waals surface area contributed by atoms with E-state index in [1.54, 1.807) is 18.0 Å². The van der Waals surface area contributed by atoms with Crippen LogP contribution in [0.1, 0.15) is 67.9 Å². The highest BCUT2D eigenvalue weighted by Crippen LogP contribution is 2.29. The molecule has 0 unspecified atom stereocenters. The fourth-order valence-electron chi connectivity index (χ4n) is 3.49. The zero-order valence-corrected chi connectivity index (χ0v) is 15.5. The second-order valence-corrected chi connectivity index (χ2v) is 6.86. The average Bonchev–Trinajstić information content (AvgIpc) is 2.95. The molecular weight excluding hydrogens is 304 g/mol. The van der Waals surface area contributed by atoms with E-state index in [1.165, 1.54) is 11.1 Å². The quantitative estimate of drug-likeness (QED) is 0.899. The summed E-state index contributed by atoms with van der Waals surface area (Å²) in [4.78, 5) is 26.7. The summed E-state index contributed by atoms with van der Waals surface area (Å²) in [5.41, 5.74) is 0.771. The Bertz CT molecular complexity index is 592. The van der Waals surface area contributed by atoms with Crippen molar-refractivity contribution in [2.45, 2.75) is 53.0 Å². The Morgan fingerprint density at radius 1 is 1.29 bits per heavy atom. The van der Waals surface area contributed by atoms with Gasteiger partial charge in [-0.15, -0.1) is 0 Å². The van der Waals surface area contributed by atoms with Gasteiger partial charge in [0.25, 0.3) is 11.8 Å². The first-order valence-corrected chi connectivity index (χ1v) is 9.03. The smallest absolute Gasteiger partial charge is 0.274 e. The molecule has 1 heterocycles. The lowest BCUT2D eigenvalue weighted by molar-refractivity contribution is 0.0766. The van der Waals surface area contributed by atoms with Crippen molar-refractivity contribution in [3.63, 3.8) is 0 Å². The van der Waals surface area contributed by atoms with Crippen molar-refractivity contribution < 1.29 is 9.59 Å². The van der Waals surface area contributed by atoms with Gasteiger partial charge in [-0.2, -0.15) is 5.10 Å². The Hall–Kier alpha value is -1.85. The van der Waals surface area contributed by atoms with Crippen LogP contribution in [0.5, 0.6) is 0 Å². The van der Waals surface area contributed by atoms with Crippen molar-refractivity contribution >= 4 is 11.8 Å². The minimum absolute atomic E-state index is 0.130. The van der Waals surface area contributed by atoms with Gasteiger partial charge in [0.1, 0.15) is 5.69 Å². The van der Waals surface area contributed by atoms with E-state index in [1.807, 2.05) is 13.8 Å². The molecule has 1 aromatic heterocycles. The molecule has 0 aliphatic heterocycles. The molecule has 134 valence electrons. The number of nitrogens with zero attached hydrogens (tertiary/aromatic N) is 3. The minimum Gasteiger partial charge on any atom is -0.348 e. The lowest BCUT2D eigenvalue weighted by atomic mass is 9.78. The Balaban J connectivity index is 2.11. The van der Waals surface area contributed by atoms with E-state index >= 15 is 0 Å². The molecule has 1 aromatic rings. The Labute approximate surface area is 144 Å². The van der Waals surface area contributed by atoms with E-state index in [9.17, 15) is 9.59 Å². The number of aromatic nitrogens is 2. The van der Waals surface area contributed by atoms with Gasteiger partial charge in [-0.3, -0.25) is 14.3 Å². The monoisotopic (exact) mass is 334 g/mol. The maximum atomic E-state index is 12.6. The van der Waals surface area contributed by atoms with Crippen LogP contribution >= 0.6 is 0 Å².